The van der Waals surface area contributed by atoms with Crippen LogP contribution < -0.4 is 15.4 Å². The van der Waals surface area contributed by atoms with Crippen molar-refractivity contribution in [1.29, 1.82) is 0 Å². The third-order valence-corrected chi connectivity index (χ3v) is 4.27. The number of amides is 2. The van der Waals surface area contributed by atoms with Crippen LogP contribution in [-0.2, 0) is 4.79 Å². The van der Waals surface area contributed by atoms with Crippen LogP contribution in [0.15, 0.2) is 84.6 Å². The summed E-state index contributed by atoms with van der Waals surface area (Å²) in [5.74, 6) is -0.0541. The number of nitrogens with one attached hydrogen (secondary N) is 2. The first-order valence-corrected chi connectivity index (χ1v) is 9.15. The van der Waals surface area contributed by atoms with Crippen molar-refractivity contribution in [2.24, 2.45) is 0 Å². The lowest BCUT2D eigenvalue weighted by Crippen LogP contribution is -2.30. The van der Waals surface area contributed by atoms with E-state index in [9.17, 15) is 9.59 Å². The maximum atomic E-state index is 12.8. The van der Waals surface area contributed by atoms with Gasteiger partial charge >= 0.3 is 0 Å². The molecule has 0 saturated carbocycles. The minimum Gasteiger partial charge on any atom is -0.497 e. The molecule has 2 N–H and O–H groups in total. The molecular weight excluding hydrogens is 364 g/mol. The highest BCUT2D eigenvalue weighted by Crippen LogP contribution is 2.15. The van der Waals surface area contributed by atoms with Gasteiger partial charge in [-0.05, 0) is 55.0 Å². The molecule has 0 aliphatic carbocycles. The lowest BCUT2D eigenvalue weighted by Gasteiger charge is -2.12. The molecule has 0 atom stereocenters. The normalized spacial score (nSPS) is 10.9. The molecule has 0 heterocycles. The van der Waals surface area contributed by atoms with Crippen molar-refractivity contribution >= 4 is 23.6 Å². The van der Waals surface area contributed by atoms with Crippen LogP contribution >= 0.6 is 0 Å². The summed E-state index contributed by atoms with van der Waals surface area (Å²) < 4.78 is 5.16. The van der Waals surface area contributed by atoms with Crippen molar-refractivity contribution in [3.63, 3.8) is 0 Å². The Morgan fingerprint density at radius 3 is 2.14 bits per heavy atom. The number of para-hydroxylation sites is 1. The Morgan fingerprint density at radius 2 is 1.52 bits per heavy atom. The van der Waals surface area contributed by atoms with Crippen LogP contribution in [0.2, 0.25) is 0 Å². The number of methoxy groups -OCH3 is 1. The van der Waals surface area contributed by atoms with Gasteiger partial charge in [0.05, 0.1) is 7.11 Å². The van der Waals surface area contributed by atoms with Gasteiger partial charge in [0, 0.05) is 11.3 Å². The predicted octanol–water partition coefficient (Wildman–Crippen LogP) is 4.41. The number of rotatable bonds is 6. The van der Waals surface area contributed by atoms with Gasteiger partial charge in [-0.25, -0.2) is 0 Å². The zero-order chi connectivity index (χ0) is 20.6. The van der Waals surface area contributed by atoms with Crippen LogP contribution in [0.3, 0.4) is 0 Å². The van der Waals surface area contributed by atoms with Crippen molar-refractivity contribution in [2.75, 3.05) is 12.4 Å². The summed E-state index contributed by atoms with van der Waals surface area (Å²) in [7, 11) is 1.59. The second kappa shape index (κ2) is 9.37. The van der Waals surface area contributed by atoms with E-state index >= 15 is 0 Å². The number of carbonyl (C=O) groups excluding carboxylic acids is 2. The van der Waals surface area contributed by atoms with E-state index in [1.165, 1.54) is 0 Å². The van der Waals surface area contributed by atoms with Gasteiger partial charge in [-0.2, -0.15) is 0 Å². The molecule has 146 valence electrons. The molecule has 0 spiro atoms. The zero-order valence-electron chi connectivity index (χ0n) is 16.3. The number of hydrogen-bond acceptors (Lipinski definition) is 3. The van der Waals surface area contributed by atoms with E-state index in [0.29, 0.717) is 17.0 Å². The van der Waals surface area contributed by atoms with E-state index in [-0.39, 0.29) is 11.6 Å². The Balaban J connectivity index is 1.87. The molecule has 5 nitrogen and oxygen atoms in total. The second-order valence-electron chi connectivity index (χ2n) is 6.47. The molecule has 3 aromatic rings. The van der Waals surface area contributed by atoms with E-state index in [1.807, 2.05) is 49.4 Å². The molecule has 0 aliphatic rings. The molecule has 3 rings (SSSR count). The SMILES string of the molecule is COc1ccc(/C=C(\NC(=O)c2ccc(C)cc2)C(=O)Nc2ccccc2)cc1. The van der Waals surface area contributed by atoms with Gasteiger partial charge in [0.15, 0.2) is 0 Å². The Labute approximate surface area is 170 Å². The number of ether oxygens (including phenoxy) is 1. The van der Waals surface area contributed by atoms with Crippen LogP contribution in [0.4, 0.5) is 5.69 Å². The minimum absolute atomic E-state index is 0.143. The van der Waals surface area contributed by atoms with Gasteiger partial charge in [0.1, 0.15) is 11.4 Å². The summed E-state index contributed by atoms with van der Waals surface area (Å²) >= 11 is 0. The first-order chi connectivity index (χ1) is 14.0. The average Bonchev–Trinajstić information content (AvgIpc) is 2.75. The molecule has 0 saturated heterocycles. The number of hydrogen-bond donors (Lipinski definition) is 2. The molecule has 3 aromatic carbocycles. The van der Waals surface area contributed by atoms with Gasteiger partial charge in [0.25, 0.3) is 11.8 Å². The summed E-state index contributed by atoms with van der Waals surface area (Å²) in [4.78, 5) is 25.5. The summed E-state index contributed by atoms with van der Waals surface area (Å²) in [5.41, 5.74) is 3.07. The highest BCUT2D eigenvalue weighted by Gasteiger charge is 2.15. The first kappa shape index (κ1) is 19.9. The quantitative estimate of drug-likeness (QED) is 0.617. The van der Waals surface area contributed by atoms with Crippen molar-refractivity contribution < 1.29 is 14.3 Å². The molecule has 0 fully saturated rings. The van der Waals surface area contributed by atoms with Crippen molar-refractivity contribution in [1.82, 2.24) is 5.32 Å². The Kier molecular flexibility index (Phi) is 6.43. The average molecular weight is 386 g/mol. The third-order valence-electron chi connectivity index (χ3n) is 4.27. The van der Waals surface area contributed by atoms with E-state index < -0.39 is 5.91 Å². The predicted molar refractivity (Wildman–Crippen MR) is 115 cm³/mol. The maximum absolute atomic E-state index is 12.8. The lowest BCUT2D eigenvalue weighted by molar-refractivity contribution is -0.113. The molecule has 0 unspecified atom stereocenters. The van der Waals surface area contributed by atoms with Crippen LogP contribution in [0.1, 0.15) is 21.5 Å². The first-order valence-electron chi connectivity index (χ1n) is 9.15. The van der Waals surface area contributed by atoms with Crippen LogP contribution in [0.5, 0.6) is 5.75 Å². The van der Waals surface area contributed by atoms with Crippen molar-refractivity contribution in [2.45, 2.75) is 6.92 Å². The second-order valence-corrected chi connectivity index (χ2v) is 6.47. The van der Waals surface area contributed by atoms with Gasteiger partial charge in [-0.15, -0.1) is 0 Å². The Bertz CT molecular complexity index is 1010. The summed E-state index contributed by atoms with van der Waals surface area (Å²) in [5, 5.41) is 5.53. The molecule has 0 aliphatic heterocycles. The smallest absolute Gasteiger partial charge is 0.272 e. The van der Waals surface area contributed by atoms with E-state index in [4.69, 9.17) is 4.74 Å². The summed E-state index contributed by atoms with van der Waals surface area (Å²) in [6.45, 7) is 1.95. The summed E-state index contributed by atoms with van der Waals surface area (Å²) in [6.07, 6.45) is 1.63. The number of carbonyl (C=O) groups is 2. The fraction of sp³-hybridized carbons (Fsp3) is 0.0833. The topological polar surface area (TPSA) is 67.4 Å². The molecule has 0 bridgehead atoms. The van der Waals surface area contributed by atoms with Gasteiger partial charge < -0.3 is 15.4 Å². The Morgan fingerprint density at radius 1 is 0.862 bits per heavy atom. The van der Waals surface area contributed by atoms with Crippen LogP contribution in [0, 0.1) is 6.92 Å². The van der Waals surface area contributed by atoms with Crippen LogP contribution in [0.25, 0.3) is 6.08 Å². The fourth-order valence-corrected chi connectivity index (χ4v) is 2.64. The van der Waals surface area contributed by atoms with Gasteiger partial charge in [-0.1, -0.05) is 48.0 Å². The Hall–Kier alpha value is -3.86. The van der Waals surface area contributed by atoms with Crippen molar-refractivity contribution in [3.05, 3.63) is 101 Å². The monoisotopic (exact) mass is 386 g/mol. The largest absolute Gasteiger partial charge is 0.497 e. The molecule has 5 heteroatoms. The molecule has 2 amide bonds. The van der Waals surface area contributed by atoms with Crippen LogP contribution in [-0.4, -0.2) is 18.9 Å². The third kappa shape index (κ3) is 5.56. The lowest BCUT2D eigenvalue weighted by atomic mass is 10.1. The number of anilines is 1. The zero-order valence-corrected chi connectivity index (χ0v) is 16.3. The van der Waals surface area contributed by atoms with E-state index in [0.717, 1.165) is 11.1 Å². The van der Waals surface area contributed by atoms with E-state index in [2.05, 4.69) is 10.6 Å². The number of aryl methyl sites for hydroxylation is 1. The fourth-order valence-electron chi connectivity index (χ4n) is 2.64. The minimum atomic E-state index is -0.410. The van der Waals surface area contributed by atoms with E-state index in [1.54, 1.807) is 49.6 Å². The molecule has 29 heavy (non-hydrogen) atoms. The van der Waals surface area contributed by atoms with Crippen molar-refractivity contribution in [3.8, 4) is 5.75 Å². The number of benzene rings is 3. The van der Waals surface area contributed by atoms with Gasteiger partial charge in [-0.3, -0.25) is 9.59 Å². The highest BCUT2D eigenvalue weighted by atomic mass is 16.5. The molecule has 0 radical (unpaired) electrons. The highest BCUT2D eigenvalue weighted by molar-refractivity contribution is 6.10. The molecular formula is C24H22N2O3. The molecule has 0 aromatic heterocycles. The standard InChI is InChI=1S/C24H22N2O3/c1-17-8-12-19(13-9-17)23(27)26-22(16-18-10-14-21(29-2)15-11-18)24(28)25-20-6-4-3-5-7-20/h3-16H,1-2H3,(H,25,28)(H,26,27)/b22-16-. The summed E-state index contributed by atoms with van der Waals surface area (Å²) in [6, 6.07) is 23.5. The van der Waals surface area contributed by atoms with Gasteiger partial charge in [0.2, 0.25) is 0 Å². The maximum Gasteiger partial charge on any atom is 0.272 e.